The van der Waals surface area contributed by atoms with Crippen LogP contribution in [-0.4, -0.2) is 75.1 Å². The number of likely N-dealkylation sites (N-methyl/N-ethyl adjacent to an activating group) is 1. The van der Waals surface area contributed by atoms with E-state index in [4.69, 9.17) is 0 Å². The van der Waals surface area contributed by atoms with E-state index in [0.29, 0.717) is 29.8 Å². The second-order valence-electron chi connectivity index (χ2n) is 9.56. The van der Waals surface area contributed by atoms with Gasteiger partial charge < -0.3 is 10.6 Å². The zero-order chi connectivity index (χ0) is 30.0. The molecule has 3 rings (SSSR count). The minimum atomic E-state index is -0.309. The highest BCUT2D eigenvalue weighted by Crippen LogP contribution is 2.29. The van der Waals surface area contributed by atoms with Crippen molar-refractivity contribution in [1.29, 1.82) is 0 Å². The lowest BCUT2D eigenvalue weighted by molar-refractivity contribution is 0.212. The molecule has 0 amide bonds. The van der Waals surface area contributed by atoms with Gasteiger partial charge in [0.15, 0.2) is 0 Å². The van der Waals surface area contributed by atoms with Crippen LogP contribution in [0.3, 0.4) is 0 Å². The van der Waals surface area contributed by atoms with Gasteiger partial charge >= 0.3 is 0 Å². The molecule has 7 nitrogen and oxygen atoms in total. The molecule has 3 N–H and O–H groups in total. The van der Waals surface area contributed by atoms with Gasteiger partial charge in [-0.25, -0.2) is 4.39 Å². The Balaban J connectivity index is 0.00000187. The monoisotopic (exact) mass is 577 g/mol. The van der Waals surface area contributed by atoms with Crippen molar-refractivity contribution in [3.63, 3.8) is 0 Å². The fourth-order valence-electron chi connectivity index (χ4n) is 4.53. The Morgan fingerprint density at radius 1 is 1.22 bits per heavy atom. The second-order valence-corrected chi connectivity index (χ2v) is 10.6. The molecule has 220 valence electrons. The quantitative estimate of drug-likeness (QED) is 0.222. The lowest BCUT2D eigenvalue weighted by Gasteiger charge is -2.32. The van der Waals surface area contributed by atoms with Gasteiger partial charge in [-0.15, -0.1) is 11.8 Å². The predicted octanol–water partition coefficient (Wildman–Crippen LogP) is 5.99. The van der Waals surface area contributed by atoms with Crippen molar-refractivity contribution in [1.82, 2.24) is 15.1 Å². The first kappa shape index (κ1) is 33.7. The van der Waals surface area contributed by atoms with Crippen molar-refractivity contribution < 1.29 is 4.39 Å². The summed E-state index contributed by atoms with van der Waals surface area (Å²) in [7, 11) is 1.92. The van der Waals surface area contributed by atoms with Crippen molar-refractivity contribution >= 4 is 37.1 Å². The molecule has 1 aliphatic heterocycles. The number of hydrogen-bond donors (Lipinski definition) is 2. The number of thioether (sulfide) groups is 1. The van der Waals surface area contributed by atoms with Crippen molar-refractivity contribution in [2.24, 2.45) is 20.7 Å². The van der Waals surface area contributed by atoms with Gasteiger partial charge in [0.1, 0.15) is 5.82 Å². The first-order valence-electron chi connectivity index (χ1n) is 13.6. The summed E-state index contributed by atoms with van der Waals surface area (Å²) in [6, 6.07) is 6.66. The van der Waals surface area contributed by atoms with Crippen molar-refractivity contribution in [2.75, 3.05) is 39.6 Å². The largest absolute Gasteiger partial charge is 0.405 e. The third-order valence-electron chi connectivity index (χ3n) is 6.63. The number of piperidine rings is 1. The molecule has 0 spiro atoms. The Kier molecular flexibility index (Phi) is 15.4. The van der Waals surface area contributed by atoms with Crippen molar-refractivity contribution in [3.8, 4) is 0 Å². The van der Waals surface area contributed by atoms with E-state index in [-0.39, 0.29) is 5.82 Å². The number of allylic oxidation sites excluding steroid dienone is 5. The molecule has 1 aromatic rings. The van der Waals surface area contributed by atoms with Crippen LogP contribution in [-0.2, 0) is 0 Å². The van der Waals surface area contributed by atoms with Crippen molar-refractivity contribution in [3.05, 3.63) is 101 Å². The van der Waals surface area contributed by atoms with Gasteiger partial charge in [-0.05, 0) is 100 Å². The molecule has 0 aromatic heterocycles. The first-order chi connectivity index (χ1) is 19.9. The topological polar surface area (TPSA) is 81.6 Å². The van der Waals surface area contributed by atoms with E-state index in [1.165, 1.54) is 23.9 Å². The molecule has 0 unspecified atom stereocenters. The number of benzene rings is 1. The SMILES string of the molecule is C=CN.C=NC(=C\C=N/CNC1CCN(CC2=CC=CC2)CC1)/C(=C(/N=C)c1ccc(F)cc1)N(C)/C=C(/C)SC. The van der Waals surface area contributed by atoms with E-state index < -0.39 is 0 Å². The third kappa shape index (κ3) is 11.5. The van der Waals surface area contributed by atoms with Gasteiger partial charge in [0.2, 0.25) is 0 Å². The number of nitrogens with zero attached hydrogens (tertiary/aromatic N) is 5. The van der Waals surface area contributed by atoms with Crippen LogP contribution in [0.5, 0.6) is 0 Å². The maximum Gasteiger partial charge on any atom is 0.123 e. The summed E-state index contributed by atoms with van der Waals surface area (Å²) in [6.07, 6.45) is 18.8. The normalized spacial score (nSPS) is 17.0. The first-order valence-corrected chi connectivity index (χ1v) is 14.8. The van der Waals surface area contributed by atoms with Gasteiger partial charge in [0, 0.05) is 37.6 Å². The van der Waals surface area contributed by atoms with E-state index in [1.807, 2.05) is 37.4 Å². The molecule has 0 atom stereocenters. The van der Waals surface area contributed by atoms with Crippen LogP contribution < -0.4 is 11.1 Å². The highest BCUT2D eigenvalue weighted by Gasteiger charge is 2.19. The lowest BCUT2D eigenvalue weighted by Crippen LogP contribution is -2.43. The summed E-state index contributed by atoms with van der Waals surface area (Å²) in [5.41, 5.74) is 8.73. The van der Waals surface area contributed by atoms with Crippen LogP contribution in [0.25, 0.3) is 5.70 Å². The summed E-state index contributed by atoms with van der Waals surface area (Å²) >= 11 is 1.64. The fraction of sp³-hybridized carbons (Fsp3) is 0.344. The van der Waals surface area contributed by atoms with E-state index in [0.717, 1.165) is 49.4 Å². The standard InChI is InChI=1S/C30H39FN6S.C2H5N/c1-23(38-5)20-36(4)30(29(33-3)25-10-12-26(31)13-11-25)28(32-2)14-17-34-22-35-27-15-18-37(19-16-27)21-24-8-6-7-9-24;1-2-3/h6-8,10-14,17,20,27,35H,2-3,9,15-16,18-19,21-22H2,1,4-5H3;2H,1,3H2/b23-20-,28-14-,30-29-,34-17-;. The molecule has 0 bridgehead atoms. The maximum atomic E-state index is 13.6. The molecule has 9 heteroatoms. The zero-order valence-electron chi connectivity index (χ0n) is 24.6. The second kappa shape index (κ2) is 18.7. The molecular weight excluding hydrogens is 533 g/mol. The van der Waals surface area contributed by atoms with Gasteiger partial charge in [-0.3, -0.25) is 25.2 Å². The number of likely N-dealkylation sites (tertiary alicyclic amines) is 1. The lowest BCUT2D eigenvalue weighted by atomic mass is 10.0. The van der Waals surface area contributed by atoms with Crippen LogP contribution in [0.2, 0.25) is 0 Å². The van der Waals surface area contributed by atoms with E-state index >= 15 is 0 Å². The third-order valence-corrected chi connectivity index (χ3v) is 7.38. The molecule has 2 aliphatic rings. The van der Waals surface area contributed by atoms with Gasteiger partial charge in [0.25, 0.3) is 0 Å². The Bertz CT molecular complexity index is 1190. The highest BCUT2D eigenvalue weighted by molar-refractivity contribution is 8.02. The van der Waals surface area contributed by atoms with Crippen LogP contribution in [0.4, 0.5) is 4.39 Å². The van der Waals surface area contributed by atoms with E-state index in [1.54, 1.807) is 30.1 Å². The maximum absolute atomic E-state index is 13.6. The molecule has 1 fully saturated rings. The average Bonchev–Trinajstić information content (AvgIpc) is 3.49. The zero-order valence-corrected chi connectivity index (χ0v) is 25.4. The molecule has 0 saturated carbocycles. The molecular formula is C32H44FN7S. The minimum Gasteiger partial charge on any atom is -0.405 e. The van der Waals surface area contributed by atoms with Crippen LogP contribution in [0, 0.1) is 5.82 Å². The molecule has 1 aliphatic carbocycles. The number of hydrogen-bond acceptors (Lipinski definition) is 8. The number of halogens is 1. The number of rotatable bonds is 13. The van der Waals surface area contributed by atoms with E-state index in [2.05, 4.69) is 69.2 Å². The summed E-state index contributed by atoms with van der Waals surface area (Å²) in [5, 5.41) is 3.55. The smallest absolute Gasteiger partial charge is 0.123 e. The van der Waals surface area contributed by atoms with Crippen LogP contribution in [0.1, 0.15) is 31.7 Å². The van der Waals surface area contributed by atoms with Gasteiger partial charge in [0.05, 0.1) is 23.8 Å². The van der Waals surface area contributed by atoms with Crippen LogP contribution in [0.15, 0.2) is 104 Å². The summed E-state index contributed by atoms with van der Waals surface area (Å²) < 4.78 is 13.6. The van der Waals surface area contributed by atoms with Crippen LogP contribution >= 0.6 is 11.8 Å². The minimum absolute atomic E-state index is 0.309. The number of nitrogens with two attached hydrogens (primary N) is 1. The summed E-state index contributed by atoms with van der Waals surface area (Å²) in [6.45, 7) is 16.6. The Morgan fingerprint density at radius 3 is 2.46 bits per heavy atom. The summed E-state index contributed by atoms with van der Waals surface area (Å²) in [4.78, 5) is 18.7. The van der Waals surface area contributed by atoms with Crippen molar-refractivity contribution in [2.45, 2.75) is 32.2 Å². The predicted molar refractivity (Wildman–Crippen MR) is 178 cm³/mol. The number of nitrogens with one attached hydrogen (secondary N) is 1. The molecule has 41 heavy (non-hydrogen) atoms. The Morgan fingerprint density at radius 2 is 1.90 bits per heavy atom. The molecule has 1 aromatic carbocycles. The average molecular weight is 578 g/mol. The Hall–Kier alpha value is -3.53. The summed E-state index contributed by atoms with van der Waals surface area (Å²) in [5.74, 6) is -0.309. The molecule has 1 saturated heterocycles. The number of aliphatic imine (C=N–C) groups is 3. The molecule has 1 heterocycles. The Labute approximate surface area is 249 Å². The fourth-order valence-corrected chi connectivity index (χ4v) is 4.79. The highest BCUT2D eigenvalue weighted by atomic mass is 32.2. The van der Waals surface area contributed by atoms with Gasteiger partial charge in [-0.2, -0.15) is 0 Å². The van der Waals surface area contributed by atoms with E-state index in [9.17, 15) is 4.39 Å². The molecule has 0 radical (unpaired) electrons. The van der Waals surface area contributed by atoms with Gasteiger partial charge in [-0.1, -0.05) is 30.4 Å².